The molecule has 9 heteroatoms. The highest BCUT2D eigenvalue weighted by atomic mass is 16.3. The van der Waals surface area contributed by atoms with Gasteiger partial charge in [-0.15, -0.1) is 0 Å². The Morgan fingerprint density at radius 1 is 1.09 bits per heavy atom. The first kappa shape index (κ1) is 30.3. The van der Waals surface area contributed by atoms with Gasteiger partial charge in [-0.25, -0.2) is 0 Å². The van der Waals surface area contributed by atoms with E-state index in [9.17, 15) is 14.7 Å². The number of rotatable bonds is 10. The average Bonchev–Trinajstić information content (AvgIpc) is 3.46. The number of anilines is 2. The third-order valence-electron chi connectivity index (χ3n) is 7.82. The summed E-state index contributed by atoms with van der Waals surface area (Å²) in [7, 11) is 0. The maximum Gasteiger partial charge on any atom is 0.249 e. The van der Waals surface area contributed by atoms with Crippen LogP contribution in [0.25, 0.3) is 11.1 Å². The molecule has 2 aliphatic rings. The molecule has 0 aliphatic carbocycles. The number of carbonyl (C=O) groups is 2. The fourth-order valence-corrected chi connectivity index (χ4v) is 5.57. The van der Waals surface area contributed by atoms with E-state index in [1.807, 2.05) is 50.2 Å². The number of benzene rings is 3. The standard InChI is InChI=1S/C34H42N6O3/c1-23(41)21-37-34(2,3)20-31(42)38-29-17-16-26-8-4-7-11-30(26)40(32(29)43)22-24-12-14-25(15-13-24)27-9-5-6-10-28(27)39-33-35-18-19-36-33/h4-15,23,29,37,41H,16-22H2,1-3H3,(H,38,42)(H2,35,36,39)/t23-,29-/m1/s1. The van der Waals surface area contributed by atoms with Crippen molar-refractivity contribution < 1.29 is 14.7 Å². The largest absolute Gasteiger partial charge is 0.392 e. The number of aryl methyl sites for hydroxylation is 1. The summed E-state index contributed by atoms with van der Waals surface area (Å²) in [4.78, 5) is 33.3. The molecule has 0 bridgehead atoms. The third kappa shape index (κ3) is 7.80. The SMILES string of the molecule is C[C@@H](O)CNC(C)(C)CC(=O)N[C@@H]1CCc2ccccc2N(Cc2ccc(-c3ccccc3NC3=NCCN3)cc2)C1=O. The fraction of sp³-hybridized carbons (Fsp3) is 0.382. The van der Waals surface area contributed by atoms with Crippen molar-refractivity contribution in [2.24, 2.45) is 4.99 Å². The van der Waals surface area contributed by atoms with E-state index in [0.717, 1.165) is 52.7 Å². The monoisotopic (exact) mass is 582 g/mol. The number of guanidine groups is 1. The van der Waals surface area contributed by atoms with Crippen molar-refractivity contribution in [1.29, 1.82) is 0 Å². The number of hydrogen-bond acceptors (Lipinski definition) is 7. The summed E-state index contributed by atoms with van der Waals surface area (Å²) in [6, 6.07) is 23.8. The maximum atomic E-state index is 14.0. The first-order valence-electron chi connectivity index (χ1n) is 15.0. The minimum Gasteiger partial charge on any atom is -0.392 e. The Bertz CT molecular complexity index is 1470. The highest BCUT2D eigenvalue weighted by molar-refractivity contribution is 6.01. The summed E-state index contributed by atoms with van der Waals surface area (Å²) in [5.74, 6) is 0.475. The van der Waals surface area contributed by atoms with Crippen molar-refractivity contribution in [2.75, 3.05) is 29.9 Å². The number of aliphatic hydroxyl groups excluding tert-OH is 1. The number of aliphatic imine (C=N–C) groups is 1. The lowest BCUT2D eigenvalue weighted by Gasteiger charge is -2.29. The first-order chi connectivity index (χ1) is 20.7. The molecule has 3 aromatic carbocycles. The number of amides is 2. The topological polar surface area (TPSA) is 118 Å². The second-order valence-electron chi connectivity index (χ2n) is 12.0. The summed E-state index contributed by atoms with van der Waals surface area (Å²) in [6.45, 7) is 7.92. The molecule has 0 aromatic heterocycles. The van der Waals surface area contributed by atoms with Crippen LogP contribution in [0.5, 0.6) is 0 Å². The summed E-state index contributed by atoms with van der Waals surface area (Å²) < 4.78 is 0. The van der Waals surface area contributed by atoms with Crippen LogP contribution in [-0.4, -0.2) is 60.2 Å². The molecule has 43 heavy (non-hydrogen) atoms. The lowest BCUT2D eigenvalue weighted by Crippen LogP contribution is -2.51. The predicted octanol–water partition coefficient (Wildman–Crippen LogP) is 3.83. The molecule has 9 nitrogen and oxygen atoms in total. The Morgan fingerprint density at radius 2 is 1.84 bits per heavy atom. The van der Waals surface area contributed by atoms with E-state index in [1.165, 1.54) is 0 Å². The summed E-state index contributed by atoms with van der Waals surface area (Å²) >= 11 is 0. The molecule has 0 saturated heterocycles. The Kier molecular flexibility index (Phi) is 9.43. The normalized spacial score (nSPS) is 17.4. The molecular weight excluding hydrogens is 540 g/mol. The van der Waals surface area contributed by atoms with Gasteiger partial charge in [0.05, 0.1) is 19.2 Å². The zero-order valence-corrected chi connectivity index (χ0v) is 25.2. The number of hydrogen-bond donors (Lipinski definition) is 5. The predicted molar refractivity (Wildman–Crippen MR) is 172 cm³/mol. The van der Waals surface area contributed by atoms with Gasteiger partial charge >= 0.3 is 0 Å². The summed E-state index contributed by atoms with van der Waals surface area (Å²) in [5, 5.41) is 22.5. The number of carbonyl (C=O) groups excluding carboxylic acids is 2. The van der Waals surface area contributed by atoms with E-state index in [2.05, 4.69) is 62.7 Å². The van der Waals surface area contributed by atoms with E-state index < -0.39 is 17.7 Å². The zero-order valence-electron chi connectivity index (χ0n) is 25.2. The second kappa shape index (κ2) is 13.4. The molecule has 2 amide bonds. The first-order valence-corrected chi connectivity index (χ1v) is 15.0. The molecule has 0 spiro atoms. The molecule has 0 fully saturated rings. The lowest BCUT2D eigenvalue weighted by molar-refractivity contribution is -0.128. The van der Waals surface area contributed by atoms with E-state index in [-0.39, 0.29) is 18.2 Å². The number of aliphatic hydroxyl groups is 1. The van der Waals surface area contributed by atoms with Crippen molar-refractivity contribution in [3.63, 3.8) is 0 Å². The number of para-hydroxylation sites is 2. The van der Waals surface area contributed by atoms with Gasteiger partial charge < -0.3 is 31.3 Å². The maximum absolute atomic E-state index is 14.0. The molecule has 0 saturated carbocycles. The van der Waals surface area contributed by atoms with Crippen molar-refractivity contribution in [2.45, 2.75) is 64.3 Å². The quantitative estimate of drug-likeness (QED) is 0.248. The number of β-amino-alcohol motifs (C(OH)–C–C–N with tert-alkyl or cyclic N) is 1. The average molecular weight is 583 g/mol. The number of nitrogens with zero attached hydrogens (tertiary/aromatic N) is 2. The van der Waals surface area contributed by atoms with E-state index >= 15 is 0 Å². The van der Waals surface area contributed by atoms with Crippen molar-refractivity contribution in [3.8, 4) is 11.1 Å². The van der Waals surface area contributed by atoms with Gasteiger partial charge in [0, 0.05) is 42.0 Å². The van der Waals surface area contributed by atoms with Gasteiger partial charge in [0.15, 0.2) is 5.96 Å². The molecule has 226 valence electrons. The minimum absolute atomic E-state index is 0.114. The smallest absolute Gasteiger partial charge is 0.249 e. The molecule has 2 atom stereocenters. The van der Waals surface area contributed by atoms with E-state index in [4.69, 9.17) is 0 Å². The van der Waals surface area contributed by atoms with E-state index in [0.29, 0.717) is 25.9 Å². The second-order valence-corrected chi connectivity index (χ2v) is 12.0. The van der Waals surface area contributed by atoms with Crippen LogP contribution in [0, 0.1) is 0 Å². The van der Waals surface area contributed by atoms with Crippen LogP contribution in [-0.2, 0) is 22.6 Å². The zero-order chi connectivity index (χ0) is 30.4. The van der Waals surface area contributed by atoms with Crippen LogP contribution in [0.3, 0.4) is 0 Å². The number of nitrogens with one attached hydrogen (secondary N) is 4. The van der Waals surface area contributed by atoms with Crippen molar-refractivity contribution in [3.05, 3.63) is 83.9 Å². The molecule has 0 unspecified atom stereocenters. The van der Waals surface area contributed by atoms with Gasteiger partial charge in [-0.05, 0) is 62.4 Å². The Morgan fingerprint density at radius 3 is 2.58 bits per heavy atom. The Hall–Kier alpha value is -4.21. The van der Waals surface area contributed by atoms with Crippen LogP contribution >= 0.6 is 0 Å². The molecule has 2 aliphatic heterocycles. The van der Waals surface area contributed by atoms with Crippen LogP contribution in [0.15, 0.2) is 77.8 Å². The summed E-state index contributed by atoms with van der Waals surface area (Å²) in [6.07, 6.45) is 0.901. The molecule has 3 aromatic rings. The van der Waals surface area contributed by atoms with Gasteiger partial charge in [-0.3, -0.25) is 14.6 Å². The van der Waals surface area contributed by atoms with Gasteiger partial charge in [-0.1, -0.05) is 60.7 Å². The number of fused-ring (bicyclic) bond motifs is 1. The highest BCUT2D eigenvalue weighted by Gasteiger charge is 2.32. The fourth-order valence-electron chi connectivity index (χ4n) is 5.57. The lowest BCUT2D eigenvalue weighted by atomic mass is 9.99. The van der Waals surface area contributed by atoms with Crippen LogP contribution in [0.1, 0.15) is 44.7 Å². The van der Waals surface area contributed by atoms with Gasteiger partial charge in [0.25, 0.3) is 0 Å². The molecule has 2 heterocycles. The van der Waals surface area contributed by atoms with Crippen molar-refractivity contribution in [1.82, 2.24) is 16.0 Å². The molecule has 5 rings (SSSR count). The summed E-state index contributed by atoms with van der Waals surface area (Å²) in [5.41, 5.74) is 5.55. The van der Waals surface area contributed by atoms with E-state index in [1.54, 1.807) is 11.8 Å². The molecule has 5 N–H and O–H groups in total. The van der Waals surface area contributed by atoms with Gasteiger partial charge in [0.2, 0.25) is 11.8 Å². The molecular formula is C34H42N6O3. The van der Waals surface area contributed by atoms with Gasteiger partial charge in [0.1, 0.15) is 6.04 Å². The Labute approximate surface area is 253 Å². The Balaban J connectivity index is 1.32. The molecule has 0 radical (unpaired) electrons. The minimum atomic E-state index is -0.628. The van der Waals surface area contributed by atoms with Crippen LogP contribution in [0.4, 0.5) is 11.4 Å². The van der Waals surface area contributed by atoms with Crippen LogP contribution < -0.4 is 26.2 Å². The van der Waals surface area contributed by atoms with Gasteiger partial charge in [-0.2, -0.15) is 0 Å². The highest BCUT2D eigenvalue weighted by Crippen LogP contribution is 2.31. The van der Waals surface area contributed by atoms with Crippen LogP contribution in [0.2, 0.25) is 0 Å². The van der Waals surface area contributed by atoms with Crippen molar-refractivity contribution >= 4 is 29.1 Å². The third-order valence-corrected chi connectivity index (χ3v) is 7.82.